The first-order valence-electron chi connectivity index (χ1n) is 13.7. The average molecular weight is 594 g/mol. The summed E-state index contributed by atoms with van der Waals surface area (Å²) in [6.45, 7) is 2.95. The summed E-state index contributed by atoms with van der Waals surface area (Å²) in [6, 6.07) is 31.2. The molecule has 210 valence electrons. The summed E-state index contributed by atoms with van der Waals surface area (Å²) in [5, 5.41) is 2.14. The van der Waals surface area contributed by atoms with Crippen molar-refractivity contribution in [2.75, 3.05) is 18.9 Å². The van der Waals surface area contributed by atoms with E-state index >= 15 is 0 Å². The molecule has 7 nitrogen and oxygen atoms in total. The number of hydrogen-bond acceptors (Lipinski definition) is 6. The van der Waals surface area contributed by atoms with Crippen molar-refractivity contribution in [3.05, 3.63) is 108 Å². The van der Waals surface area contributed by atoms with Crippen LogP contribution in [-0.2, 0) is 11.2 Å². The molecule has 2 heterocycles. The van der Waals surface area contributed by atoms with E-state index in [4.69, 9.17) is 31.3 Å². The monoisotopic (exact) mass is 593 g/mol. The van der Waals surface area contributed by atoms with Gasteiger partial charge >= 0.3 is 0 Å². The van der Waals surface area contributed by atoms with Crippen LogP contribution in [0.1, 0.15) is 12.7 Å². The fourth-order valence-electron chi connectivity index (χ4n) is 4.74. The van der Waals surface area contributed by atoms with E-state index in [0.717, 1.165) is 44.6 Å². The maximum Gasteiger partial charge on any atom is 0.239 e. The first kappa shape index (κ1) is 27.8. The fourth-order valence-corrected chi connectivity index (χ4v) is 5.84. The highest BCUT2D eigenvalue weighted by Crippen LogP contribution is 2.29. The molecule has 9 heteroatoms. The summed E-state index contributed by atoms with van der Waals surface area (Å²) >= 11 is 7.93. The predicted molar refractivity (Wildman–Crippen MR) is 172 cm³/mol. The normalized spacial score (nSPS) is 14.1. The minimum Gasteiger partial charge on any atom is -0.494 e. The minimum absolute atomic E-state index is 0.0160. The van der Waals surface area contributed by atoms with Gasteiger partial charge in [-0.3, -0.25) is 9.69 Å². The lowest BCUT2D eigenvalue weighted by atomic mass is 10.1. The van der Waals surface area contributed by atoms with E-state index in [2.05, 4.69) is 17.1 Å². The molecular weight excluding hydrogens is 566 g/mol. The third-order valence-electron chi connectivity index (χ3n) is 6.74. The average Bonchev–Trinajstić information content (AvgIpc) is 3.38. The minimum atomic E-state index is 0.0160. The molecule has 1 N–H and O–H groups in total. The van der Waals surface area contributed by atoms with Crippen molar-refractivity contribution in [2.24, 2.45) is 4.99 Å². The van der Waals surface area contributed by atoms with Crippen LogP contribution in [0, 0.1) is 0 Å². The number of amides is 1. The van der Waals surface area contributed by atoms with Crippen LogP contribution in [0.15, 0.2) is 102 Å². The van der Waals surface area contributed by atoms with Crippen LogP contribution in [0.3, 0.4) is 0 Å². The lowest BCUT2D eigenvalue weighted by Gasteiger charge is -2.15. The number of ether oxygens (including phenoxy) is 1. The van der Waals surface area contributed by atoms with Crippen LogP contribution in [-0.4, -0.2) is 49.8 Å². The number of H-pyrrole nitrogens is 1. The molecule has 0 radical (unpaired) electrons. The second kappa shape index (κ2) is 12.6. The molecule has 1 aromatic heterocycles. The number of fused-ring (bicyclic) bond motifs is 2. The highest BCUT2D eigenvalue weighted by Gasteiger charge is 2.28. The van der Waals surface area contributed by atoms with Crippen LogP contribution in [0.5, 0.6) is 5.75 Å². The van der Waals surface area contributed by atoms with E-state index < -0.39 is 0 Å². The number of nitrogens with zero attached hydrogens (tertiary/aromatic N) is 4. The number of amidine groups is 1. The SMILES string of the molecule is CCOc1ccc(N=C2SCC(=O)N2CCc2nc3ccccc3[nH]c(-c3ccccc3)c3cc(Cl)ccc3n2)cc1. The molecule has 0 aliphatic carbocycles. The van der Waals surface area contributed by atoms with Crippen LogP contribution < -0.4 is 4.74 Å². The van der Waals surface area contributed by atoms with Gasteiger partial charge in [0.2, 0.25) is 5.91 Å². The first-order chi connectivity index (χ1) is 20.6. The van der Waals surface area contributed by atoms with Crippen LogP contribution in [0.2, 0.25) is 5.02 Å². The predicted octanol–water partition coefficient (Wildman–Crippen LogP) is 7.76. The number of nitrogens with one attached hydrogen (secondary N) is 1. The zero-order chi connectivity index (χ0) is 28.9. The molecule has 0 spiro atoms. The third kappa shape index (κ3) is 6.25. The lowest BCUT2D eigenvalue weighted by Crippen LogP contribution is -2.31. The summed E-state index contributed by atoms with van der Waals surface area (Å²) < 4.78 is 5.54. The maximum absolute atomic E-state index is 12.9. The quantitative estimate of drug-likeness (QED) is 0.208. The largest absolute Gasteiger partial charge is 0.494 e. The molecular formula is C33H28ClN5O2S. The van der Waals surface area contributed by atoms with Gasteiger partial charge in [0.25, 0.3) is 0 Å². The number of hydrogen-bond donors (Lipinski definition) is 1. The van der Waals surface area contributed by atoms with E-state index in [-0.39, 0.29) is 5.91 Å². The summed E-state index contributed by atoms with van der Waals surface area (Å²) in [5.74, 6) is 1.76. The van der Waals surface area contributed by atoms with Gasteiger partial charge in [0.1, 0.15) is 11.6 Å². The number of para-hydroxylation sites is 2. The van der Waals surface area contributed by atoms with Crippen LogP contribution >= 0.6 is 23.4 Å². The van der Waals surface area contributed by atoms with Crippen molar-refractivity contribution in [2.45, 2.75) is 13.3 Å². The number of carbonyl (C=O) groups excluding carboxylic acids is 1. The van der Waals surface area contributed by atoms with Crippen molar-refractivity contribution >= 4 is 62.1 Å². The standard InChI is InChI=1S/C33H28ClN5O2S/c1-2-41-25-15-13-24(14-16-25)35-33-39(31(40)21-42-33)19-18-30-36-27-17-12-23(34)20-26(27)32(22-8-4-3-5-9-22)38-29-11-7-6-10-28(29)37-30/h3-17,20,38H,2,18-19,21H2,1H3. The highest BCUT2D eigenvalue weighted by atomic mass is 35.5. The molecule has 0 saturated carbocycles. The number of aliphatic imine (C=N–C) groups is 1. The summed E-state index contributed by atoms with van der Waals surface area (Å²) in [4.78, 5) is 33.0. The van der Waals surface area contributed by atoms with E-state index in [9.17, 15) is 4.79 Å². The molecule has 1 aliphatic heterocycles. The number of rotatable bonds is 7. The third-order valence-corrected chi connectivity index (χ3v) is 7.94. The molecule has 1 aliphatic rings. The molecule has 0 atom stereocenters. The molecule has 1 amide bonds. The number of aromatic amines is 1. The van der Waals surface area contributed by atoms with Gasteiger partial charge in [0.05, 0.1) is 40.3 Å². The Labute approximate surface area is 253 Å². The topological polar surface area (TPSA) is 83.5 Å². The molecule has 5 aromatic rings. The molecule has 42 heavy (non-hydrogen) atoms. The van der Waals surface area contributed by atoms with Crippen molar-refractivity contribution in [1.29, 1.82) is 0 Å². The van der Waals surface area contributed by atoms with Crippen molar-refractivity contribution in [3.8, 4) is 17.0 Å². The van der Waals surface area contributed by atoms with Gasteiger partial charge in [-0.25, -0.2) is 15.0 Å². The molecule has 1 fully saturated rings. The van der Waals surface area contributed by atoms with Crippen molar-refractivity contribution in [1.82, 2.24) is 19.9 Å². The van der Waals surface area contributed by atoms with Gasteiger partial charge in [-0.15, -0.1) is 0 Å². The van der Waals surface area contributed by atoms with E-state index in [0.29, 0.717) is 41.3 Å². The Kier molecular flexibility index (Phi) is 8.35. The molecule has 0 unspecified atom stereocenters. The Bertz CT molecular complexity index is 1840. The Morgan fingerprint density at radius 3 is 2.52 bits per heavy atom. The second-order valence-electron chi connectivity index (χ2n) is 9.59. The first-order valence-corrected chi connectivity index (χ1v) is 15.1. The van der Waals surface area contributed by atoms with Crippen LogP contribution in [0.25, 0.3) is 33.2 Å². The number of thioether (sulfide) groups is 1. The Hall–Kier alpha value is -4.40. The highest BCUT2D eigenvalue weighted by molar-refractivity contribution is 8.15. The van der Waals surface area contributed by atoms with Gasteiger partial charge < -0.3 is 9.72 Å². The maximum atomic E-state index is 12.9. The lowest BCUT2D eigenvalue weighted by molar-refractivity contribution is -0.124. The fraction of sp³-hybridized carbons (Fsp3) is 0.152. The van der Waals surface area contributed by atoms with E-state index in [1.54, 1.807) is 4.90 Å². The van der Waals surface area contributed by atoms with Gasteiger partial charge in [0.15, 0.2) is 5.17 Å². The van der Waals surface area contributed by atoms with Gasteiger partial charge in [-0.05, 0) is 67.1 Å². The Balaban J connectivity index is 1.41. The number of carbonyl (C=O) groups is 1. The van der Waals surface area contributed by atoms with Gasteiger partial charge in [-0.2, -0.15) is 0 Å². The summed E-state index contributed by atoms with van der Waals surface area (Å²) in [5.41, 5.74) is 5.00. The number of aromatic nitrogens is 3. The van der Waals surface area contributed by atoms with E-state index in [1.165, 1.54) is 11.8 Å². The van der Waals surface area contributed by atoms with Crippen LogP contribution in [0.4, 0.5) is 5.69 Å². The summed E-state index contributed by atoms with van der Waals surface area (Å²) in [6.07, 6.45) is 0.436. The zero-order valence-electron chi connectivity index (χ0n) is 23.0. The van der Waals surface area contributed by atoms with Crippen molar-refractivity contribution < 1.29 is 9.53 Å². The second-order valence-corrected chi connectivity index (χ2v) is 11.0. The summed E-state index contributed by atoms with van der Waals surface area (Å²) in [7, 11) is 0. The van der Waals surface area contributed by atoms with Gasteiger partial charge in [-0.1, -0.05) is 65.8 Å². The van der Waals surface area contributed by atoms with Gasteiger partial charge in [0, 0.05) is 23.4 Å². The molecule has 4 aromatic carbocycles. The number of halogens is 1. The Morgan fingerprint density at radius 1 is 0.952 bits per heavy atom. The van der Waals surface area contributed by atoms with Crippen molar-refractivity contribution in [3.63, 3.8) is 0 Å². The molecule has 1 saturated heterocycles. The Morgan fingerprint density at radius 2 is 1.71 bits per heavy atom. The zero-order valence-corrected chi connectivity index (χ0v) is 24.5. The molecule has 6 rings (SSSR count). The smallest absolute Gasteiger partial charge is 0.239 e. The number of benzene rings is 4. The molecule has 0 bridgehead atoms. The van der Waals surface area contributed by atoms with E-state index in [1.807, 2.05) is 91.9 Å².